The fourth-order valence-corrected chi connectivity index (χ4v) is 4.67. The van der Waals surface area contributed by atoms with Crippen LogP contribution in [0.3, 0.4) is 0 Å². The van der Waals surface area contributed by atoms with Gasteiger partial charge in [-0.05, 0) is 39.9 Å². The van der Waals surface area contributed by atoms with Gasteiger partial charge in [-0.2, -0.15) is 0 Å². The average Bonchev–Trinajstić information content (AvgIpc) is 3.21. The third kappa shape index (κ3) is 5.76. The molecular formula is C26H26NO8P. The number of ether oxygens (including phenoxy) is 2. The lowest BCUT2D eigenvalue weighted by atomic mass is 9.98. The average molecular weight is 511 g/mol. The van der Waals surface area contributed by atoms with E-state index in [1.807, 2.05) is 48.5 Å². The number of methoxy groups -OCH3 is 1. The van der Waals surface area contributed by atoms with Gasteiger partial charge in [0.05, 0.1) is 7.11 Å². The van der Waals surface area contributed by atoms with Crippen molar-refractivity contribution in [3.05, 3.63) is 89.5 Å². The Kier molecular flexibility index (Phi) is 7.74. The van der Waals surface area contributed by atoms with Gasteiger partial charge in [0.2, 0.25) is 0 Å². The Morgan fingerprint density at radius 2 is 1.53 bits per heavy atom. The first-order valence-electron chi connectivity index (χ1n) is 11.2. The van der Waals surface area contributed by atoms with Crippen molar-refractivity contribution in [2.24, 2.45) is 0 Å². The fraction of sp³-hybridized carbons (Fsp3) is 0.231. The van der Waals surface area contributed by atoms with Gasteiger partial charge >= 0.3 is 19.9 Å². The van der Waals surface area contributed by atoms with Crippen molar-refractivity contribution in [2.75, 3.05) is 20.8 Å². The first kappa shape index (κ1) is 25.4. The van der Waals surface area contributed by atoms with Crippen LogP contribution in [0.5, 0.6) is 5.75 Å². The van der Waals surface area contributed by atoms with Crippen LogP contribution in [0.4, 0.5) is 4.79 Å². The lowest BCUT2D eigenvalue weighted by Gasteiger charge is -2.19. The summed E-state index contributed by atoms with van der Waals surface area (Å²) < 4.78 is 31.2. The Morgan fingerprint density at radius 1 is 0.944 bits per heavy atom. The highest BCUT2D eigenvalue weighted by atomic mass is 31.2. The Hall–Kier alpha value is -3.65. The Balaban J connectivity index is 1.40. The van der Waals surface area contributed by atoms with E-state index in [0.717, 1.165) is 29.4 Å². The zero-order chi connectivity index (χ0) is 25.7. The monoisotopic (exact) mass is 511 g/mol. The summed E-state index contributed by atoms with van der Waals surface area (Å²) >= 11 is 0. The van der Waals surface area contributed by atoms with Gasteiger partial charge in [0.15, 0.2) is 0 Å². The molecule has 1 amide bonds. The number of rotatable bonds is 9. The number of carbonyl (C=O) groups is 2. The van der Waals surface area contributed by atoms with Crippen molar-refractivity contribution in [3.8, 4) is 16.9 Å². The zero-order valence-electron chi connectivity index (χ0n) is 19.7. The molecule has 2 atom stereocenters. The SMILES string of the molecule is COC(=O)[C@H](Cc1ccc(OP(=O)(O)OC)cc1)NC(=O)OCC1c2ccccc2-c2ccccc21. The Morgan fingerprint density at radius 3 is 2.08 bits per heavy atom. The summed E-state index contributed by atoms with van der Waals surface area (Å²) in [6, 6.07) is 21.1. The number of amides is 1. The number of phosphoric ester groups is 1. The van der Waals surface area contributed by atoms with Gasteiger partial charge in [-0.3, -0.25) is 9.42 Å². The van der Waals surface area contributed by atoms with Gasteiger partial charge in [0, 0.05) is 19.4 Å². The first-order valence-corrected chi connectivity index (χ1v) is 12.7. The van der Waals surface area contributed by atoms with Crippen LogP contribution in [0, 0.1) is 0 Å². The minimum Gasteiger partial charge on any atom is -0.467 e. The normalized spacial score (nSPS) is 14.6. The van der Waals surface area contributed by atoms with Gasteiger partial charge in [-0.1, -0.05) is 60.7 Å². The highest BCUT2D eigenvalue weighted by Gasteiger charge is 2.30. The number of fused-ring (bicyclic) bond motifs is 3. The first-order chi connectivity index (χ1) is 17.3. The van der Waals surface area contributed by atoms with E-state index in [2.05, 4.69) is 9.84 Å². The van der Waals surface area contributed by atoms with E-state index in [-0.39, 0.29) is 24.7 Å². The van der Waals surface area contributed by atoms with Crippen LogP contribution >= 0.6 is 7.82 Å². The quantitative estimate of drug-likeness (QED) is 0.320. The molecule has 0 radical (unpaired) electrons. The Bertz CT molecular complexity index is 1250. The molecule has 9 nitrogen and oxygen atoms in total. The van der Waals surface area contributed by atoms with E-state index in [1.165, 1.54) is 19.2 Å². The highest BCUT2D eigenvalue weighted by Crippen LogP contribution is 2.44. The standard InChI is InChI=1S/C26H26NO8P/c1-32-25(28)24(15-17-11-13-18(14-12-17)35-36(30,31)33-2)27-26(29)34-16-23-21-9-5-3-7-19(21)20-8-4-6-10-22(20)23/h3-14,23-24H,15-16H2,1-2H3,(H,27,29)(H,30,31)/t24-/m0/s1. The molecule has 0 aliphatic heterocycles. The van der Waals surface area contributed by atoms with Crippen LogP contribution in [0.1, 0.15) is 22.6 Å². The molecule has 1 aliphatic carbocycles. The second kappa shape index (κ2) is 11.0. The molecule has 3 aromatic carbocycles. The number of benzene rings is 3. The van der Waals surface area contributed by atoms with Crippen molar-refractivity contribution in [2.45, 2.75) is 18.4 Å². The molecule has 1 unspecified atom stereocenters. The van der Waals surface area contributed by atoms with Crippen LogP contribution in [-0.2, 0) is 29.8 Å². The third-order valence-corrected chi connectivity index (χ3v) is 6.84. The molecule has 0 aromatic heterocycles. The van der Waals surface area contributed by atoms with Gasteiger partial charge in [-0.15, -0.1) is 0 Å². The molecule has 0 bridgehead atoms. The molecule has 0 spiro atoms. The van der Waals surface area contributed by atoms with Crippen LogP contribution < -0.4 is 9.84 Å². The molecule has 2 N–H and O–H groups in total. The fourth-order valence-electron chi connectivity index (χ4n) is 4.21. The van der Waals surface area contributed by atoms with Gasteiger partial charge in [0.25, 0.3) is 0 Å². The molecule has 4 rings (SSSR count). The molecular weight excluding hydrogens is 485 g/mol. The topological polar surface area (TPSA) is 120 Å². The van der Waals surface area contributed by atoms with E-state index in [1.54, 1.807) is 12.1 Å². The summed E-state index contributed by atoms with van der Waals surface area (Å²) in [5, 5.41) is 2.58. The van der Waals surface area contributed by atoms with Crippen molar-refractivity contribution in [1.29, 1.82) is 0 Å². The lowest BCUT2D eigenvalue weighted by molar-refractivity contribution is -0.143. The number of phosphoric acid groups is 1. The van der Waals surface area contributed by atoms with E-state index in [4.69, 9.17) is 14.0 Å². The highest BCUT2D eigenvalue weighted by molar-refractivity contribution is 7.47. The number of alkyl carbamates (subject to hydrolysis) is 1. The number of nitrogens with one attached hydrogen (secondary N) is 1. The summed E-state index contributed by atoms with van der Waals surface area (Å²) in [6.45, 7) is 0.112. The molecule has 0 fully saturated rings. The second-order valence-electron chi connectivity index (χ2n) is 8.14. The van der Waals surface area contributed by atoms with Crippen molar-refractivity contribution >= 4 is 19.9 Å². The second-order valence-corrected chi connectivity index (χ2v) is 9.62. The molecule has 10 heteroatoms. The zero-order valence-corrected chi connectivity index (χ0v) is 20.6. The molecule has 3 aromatic rings. The summed E-state index contributed by atoms with van der Waals surface area (Å²) in [6.07, 6.45) is -0.633. The third-order valence-electron chi connectivity index (χ3n) is 5.94. The number of esters is 1. The van der Waals surface area contributed by atoms with E-state index < -0.39 is 25.9 Å². The summed E-state index contributed by atoms with van der Waals surface area (Å²) in [4.78, 5) is 34.4. The van der Waals surface area contributed by atoms with E-state index >= 15 is 0 Å². The Labute approximate surface area is 208 Å². The van der Waals surface area contributed by atoms with Crippen LogP contribution in [0.15, 0.2) is 72.8 Å². The molecule has 0 saturated heterocycles. The predicted molar refractivity (Wildman–Crippen MR) is 132 cm³/mol. The molecule has 0 heterocycles. The smallest absolute Gasteiger partial charge is 0.467 e. The maximum atomic E-state index is 12.7. The number of hydrogen-bond donors (Lipinski definition) is 2. The van der Waals surface area contributed by atoms with Crippen molar-refractivity contribution < 1.29 is 37.6 Å². The van der Waals surface area contributed by atoms with Crippen LogP contribution in [-0.4, -0.2) is 43.8 Å². The summed E-state index contributed by atoms with van der Waals surface area (Å²) in [7, 11) is -1.89. The minimum absolute atomic E-state index is 0.109. The summed E-state index contributed by atoms with van der Waals surface area (Å²) in [5.41, 5.74) is 5.05. The number of hydrogen-bond acceptors (Lipinski definition) is 7. The maximum absolute atomic E-state index is 12.7. The molecule has 0 saturated carbocycles. The molecule has 188 valence electrons. The van der Waals surface area contributed by atoms with E-state index in [9.17, 15) is 19.0 Å². The predicted octanol–water partition coefficient (Wildman–Crippen LogP) is 4.44. The van der Waals surface area contributed by atoms with Crippen LogP contribution in [0.25, 0.3) is 11.1 Å². The largest absolute Gasteiger partial charge is 0.527 e. The minimum atomic E-state index is -4.18. The summed E-state index contributed by atoms with van der Waals surface area (Å²) in [5.74, 6) is -0.629. The molecule has 1 aliphatic rings. The number of carbonyl (C=O) groups excluding carboxylic acids is 2. The maximum Gasteiger partial charge on any atom is 0.527 e. The van der Waals surface area contributed by atoms with Gasteiger partial charge in [0.1, 0.15) is 18.4 Å². The molecule has 36 heavy (non-hydrogen) atoms. The van der Waals surface area contributed by atoms with Gasteiger partial charge < -0.3 is 19.3 Å². The van der Waals surface area contributed by atoms with Gasteiger partial charge in [-0.25, -0.2) is 14.2 Å². The van der Waals surface area contributed by atoms with Crippen molar-refractivity contribution in [1.82, 2.24) is 5.32 Å². The van der Waals surface area contributed by atoms with Crippen molar-refractivity contribution in [3.63, 3.8) is 0 Å². The van der Waals surface area contributed by atoms with Crippen LogP contribution in [0.2, 0.25) is 0 Å². The van der Waals surface area contributed by atoms with E-state index in [0.29, 0.717) is 5.56 Å². The lowest BCUT2D eigenvalue weighted by Crippen LogP contribution is -2.43.